The van der Waals surface area contributed by atoms with Crippen molar-refractivity contribution in [2.45, 2.75) is 0 Å². The van der Waals surface area contributed by atoms with E-state index in [1.165, 1.54) is 6.34 Å². The van der Waals surface area contributed by atoms with Gasteiger partial charge in [0.15, 0.2) is 0 Å². The third kappa shape index (κ3) is 1.22. The molecular weight excluding hydrogens is 123 g/mol. The van der Waals surface area contributed by atoms with E-state index in [-0.39, 0.29) is 16.5 Å². The summed E-state index contributed by atoms with van der Waals surface area (Å²) >= 11 is 0. The molecule has 0 atom stereocenters. The van der Waals surface area contributed by atoms with Crippen LogP contribution in [0.4, 0.5) is 0 Å². The molecule has 35 valence electrons. The number of nitrogens with zero attached hydrogens (tertiary/aromatic N) is 2. The summed E-state index contributed by atoms with van der Waals surface area (Å²) in [5.74, 6) is 0. The molecule has 0 unspecified atom stereocenters. The summed E-state index contributed by atoms with van der Waals surface area (Å²) in [6.45, 7) is 0. The Bertz CT molecular complexity index is 66.9. The predicted octanol–water partition coefficient (Wildman–Crippen LogP) is 0.101. The van der Waals surface area contributed by atoms with Gasteiger partial charge in [0.1, 0.15) is 6.34 Å². The van der Waals surface area contributed by atoms with Crippen molar-refractivity contribution in [3.63, 3.8) is 0 Å². The standard InChI is InChI=1S/C3H3N2.Ni/c1-2-5-3-4-1;/h1-3H;. The molecule has 0 spiro atoms. The average molecular weight is 126 g/mol. The third-order valence-corrected chi connectivity index (χ3v) is 0.372. The van der Waals surface area contributed by atoms with Gasteiger partial charge >= 0.3 is 0 Å². The van der Waals surface area contributed by atoms with Crippen molar-refractivity contribution < 1.29 is 16.5 Å². The zero-order chi connectivity index (χ0) is 3.54. The van der Waals surface area contributed by atoms with Crippen LogP contribution in [0.1, 0.15) is 0 Å². The molecule has 0 N–H and O–H groups in total. The van der Waals surface area contributed by atoms with E-state index in [1.807, 2.05) is 0 Å². The van der Waals surface area contributed by atoms with Gasteiger partial charge in [-0.15, -0.1) is 0 Å². The predicted molar refractivity (Wildman–Crippen MR) is 19.8 cm³/mol. The average Bonchev–Trinajstić information content (AvgIpc) is 1.76. The second-order valence-corrected chi connectivity index (χ2v) is 0.712. The van der Waals surface area contributed by atoms with Crippen molar-refractivity contribution in [2.24, 2.45) is 4.99 Å². The Kier molecular flexibility index (Phi) is 2.77. The van der Waals surface area contributed by atoms with E-state index in [1.54, 1.807) is 12.4 Å². The molecule has 0 bridgehead atoms. The number of hydrogen-bond acceptors (Lipinski definition) is 1. The molecule has 0 aromatic rings. The molecule has 1 radical (unpaired) electrons. The van der Waals surface area contributed by atoms with Gasteiger partial charge in [-0.3, -0.25) is 0 Å². The van der Waals surface area contributed by atoms with Gasteiger partial charge in [-0.1, -0.05) is 0 Å². The van der Waals surface area contributed by atoms with Gasteiger partial charge in [-0.2, -0.15) is 0 Å². The molecule has 1 aliphatic heterocycles. The molecule has 1 aliphatic rings. The molecule has 0 fully saturated rings. The molecule has 1 heterocycles. The zero-order valence-electron chi connectivity index (χ0n) is 2.94. The maximum atomic E-state index is 3.61. The van der Waals surface area contributed by atoms with E-state index in [0.29, 0.717) is 0 Å². The van der Waals surface area contributed by atoms with Crippen molar-refractivity contribution in [1.29, 1.82) is 0 Å². The van der Waals surface area contributed by atoms with Crippen LogP contribution >= 0.6 is 0 Å². The first-order valence-corrected chi connectivity index (χ1v) is 1.37. The van der Waals surface area contributed by atoms with E-state index >= 15 is 0 Å². The van der Waals surface area contributed by atoms with Crippen LogP contribution < -0.4 is 5.32 Å². The minimum absolute atomic E-state index is 0. The maximum absolute atomic E-state index is 3.61. The Balaban J connectivity index is 0.000000250. The first-order valence-electron chi connectivity index (χ1n) is 1.37. The first kappa shape index (κ1) is 5.70. The number of aliphatic imine (C=N–C) groups is 1. The SMILES string of the molecule is C1=CN=C[N]1.[Ni]. The molecule has 0 saturated heterocycles. The van der Waals surface area contributed by atoms with Crippen LogP contribution in [0.25, 0.3) is 0 Å². The van der Waals surface area contributed by atoms with Gasteiger partial charge in [0.05, 0.1) is 0 Å². The fourth-order valence-corrected chi connectivity index (χ4v) is 0.192. The monoisotopic (exact) mass is 125 g/mol. The second-order valence-electron chi connectivity index (χ2n) is 0.712. The Hall–Kier alpha value is -0.296. The minimum Gasteiger partial charge on any atom is -0.243 e. The fraction of sp³-hybridized carbons (Fsp3) is 0. The summed E-state index contributed by atoms with van der Waals surface area (Å²) in [5, 5.41) is 3.61. The molecule has 0 aromatic heterocycles. The van der Waals surface area contributed by atoms with Crippen LogP contribution in [0, 0.1) is 0 Å². The summed E-state index contributed by atoms with van der Waals surface area (Å²) in [5.41, 5.74) is 0. The van der Waals surface area contributed by atoms with Crippen LogP contribution in [0.2, 0.25) is 0 Å². The van der Waals surface area contributed by atoms with Gasteiger partial charge in [-0.05, 0) is 0 Å². The molecule has 0 saturated carbocycles. The Morgan fingerprint density at radius 1 is 1.17 bits per heavy atom. The summed E-state index contributed by atoms with van der Waals surface area (Å²) < 4.78 is 0. The fourth-order valence-electron chi connectivity index (χ4n) is 0.192. The first-order chi connectivity index (χ1) is 2.50. The van der Waals surface area contributed by atoms with E-state index in [2.05, 4.69) is 10.3 Å². The van der Waals surface area contributed by atoms with Crippen molar-refractivity contribution >= 4 is 6.34 Å². The summed E-state index contributed by atoms with van der Waals surface area (Å²) in [4.78, 5) is 3.61. The molecule has 3 heteroatoms. The van der Waals surface area contributed by atoms with Crippen molar-refractivity contribution in [3.05, 3.63) is 12.4 Å². The van der Waals surface area contributed by atoms with E-state index in [0.717, 1.165) is 0 Å². The summed E-state index contributed by atoms with van der Waals surface area (Å²) in [6, 6.07) is 0. The Labute approximate surface area is 46.3 Å². The quantitative estimate of drug-likeness (QED) is 0.411. The van der Waals surface area contributed by atoms with Crippen LogP contribution in [0.15, 0.2) is 17.4 Å². The van der Waals surface area contributed by atoms with Crippen molar-refractivity contribution in [3.8, 4) is 0 Å². The molecule has 2 nitrogen and oxygen atoms in total. The normalized spacial score (nSPS) is 13.3. The Morgan fingerprint density at radius 2 is 2.00 bits per heavy atom. The van der Waals surface area contributed by atoms with Crippen molar-refractivity contribution in [2.75, 3.05) is 0 Å². The molecule has 0 amide bonds. The largest absolute Gasteiger partial charge is 0.243 e. The topological polar surface area (TPSA) is 26.5 Å². The second kappa shape index (κ2) is 2.92. The smallest absolute Gasteiger partial charge is 0.115 e. The molecular formula is C3H3N2Ni. The number of rotatable bonds is 0. The number of hydrogen-bond donors (Lipinski definition) is 0. The minimum atomic E-state index is 0. The summed E-state index contributed by atoms with van der Waals surface area (Å²) in [6.07, 6.45) is 4.78. The molecule has 0 aromatic carbocycles. The van der Waals surface area contributed by atoms with Gasteiger partial charge in [0.25, 0.3) is 0 Å². The maximum Gasteiger partial charge on any atom is 0.115 e. The van der Waals surface area contributed by atoms with Crippen LogP contribution in [0.5, 0.6) is 0 Å². The third-order valence-electron chi connectivity index (χ3n) is 0.372. The molecule has 6 heavy (non-hydrogen) atoms. The van der Waals surface area contributed by atoms with Gasteiger partial charge in [0, 0.05) is 28.9 Å². The summed E-state index contributed by atoms with van der Waals surface area (Å²) in [7, 11) is 0. The van der Waals surface area contributed by atoms with Crippen LogP contribution in [-0.2, 0) is 16.5 Å². The molecule has 1 rings (SSSR count). The van der Waals surface area contributed by atoms with Gasteiger partial charge in [-0.25, -0.2) is 10.3 Å². The zero-order valence-corrected chi connectivity index (χ0v) is 3.93. The Morgan fingerprint density at radius 3 is 2.17 bits per heavy atom. The molecule has 0 aliphatic carbocycles. The van der Waals surface area contributed by atoms with E-state index in [9.17, 15) is 0 Å². The van der Waals surface area contributed by atoms with Crippen molar-refractivity contribution in [1.82, 2.24) is 5.32 Å². The van der Waals surface area contributed by atoms with Crippen LogP contribution in [-0.4, -0.2) is 6.34 Å². The van der Waals surface area contributed by atoms with E-state index < -0.39 is 0 Å². The van der Waals surface area contributed by atoms with Gasteiger partial charge < -0.3 is 0 Å². The van der Waals surface area contributed by atoms with Crippen LogP contribution in [0.3, 0.4) is 0 Å². The van der Waals surface area contributed by atoms with Gasteiger partial charge in [0.2, 0.25) is 0 Å². The van der Waals surface area contributed by atoms with E-state index in [4.69, 9.17) is 0 Å².